The van der Waals surface area contributed by atoms with Crippen molar-refractivity contribution in [3.63, 3.8) is 0 Å². The molecule has 0 fully saturated rings. The van der Waals surface area contributed by atoms with Gasteiger partial charge < -0.3 is 10.6 Å². The van der Waals surface area contributed by atoms with Gasteiger partial charge in [-0.2, -0.15) is 11.8 Å². The number of thioether (sulfide) groups is 1. The van der Waals surface area contributed by atoms with Gasteiger partial charge in [0.1, 0.15) is 5.69 Å². The molecule has 0 saturated carbocycles. The molecule has 0 radical (unpaired) electrons. The van der Waals surface area contributed by atoms with Crippen LogP contribution in [0.15, 0.2) is 48.7 Å². The summed E-state index contributed by atoms with van der Waals surface area (Å²) in [6.45, 7) is 4.64. The Hall–Kier alpha value is -2.93. The van der Waals surface area contributed by atoms with E-state index in [1.54, 1.807) is 23.9 Å². The number of nitrogens with zero attached hydrogens (tertiary/aromatic N) is 2. The maximum absolute atomic E-state index is 14.6. The Kier molecular flexibility index (Phi) is 5.47. The summed E-state index contributed by atoms with van der Waals surface area (Å²) in [5.74, 6) is 0.656. The van der Waals surface area contributed by atoms with Crippen LogP contribution in [0.2, 0.25) is 0 Å². The molecule has 7 heteroatoms. The van der Waals surface area contributed by atoms with Gasteiger partial charge in [0.25, 0.3) is 5.91 Å². The molecule has 1 aliphatic heterocycles. The van der Waals surface area contributed by atoms with E-state index < -0.39 is 5.82 Å². The van der Waals surface area contributed by atoms with Gasteiger partial charge in [-0.3, -0.25) is 4.79 Å². The van der Waals surface area contributed by atoms with Crippen LogP contribution in [-0.2, 0) is 11.2 Å². The molecule has 0 unspecified atom stereocenters. The molecular weight excluding hydrogens is 399 g/mol. The number of rotatable bonds is 5. The summed E-state index contributed by atoms with van der Waals surface area (Å²) in [7, 11) is 0. The minimum absolute atomic E-state index is 0.105. The lowest BCUT2D eigenvalue weighted by molar-refractivity contribution is 0.0930. The van der Waals surface area contributed by atoms with E-state index in [1.165, 1.54) is 11.8 Å². The van der Waals surface area contributed by atoms with Crippen LogP contribution in [0.5, 0.6) is 0 Å². The zero-order chi connectivity index (χ0) is 21.3. The van der Waals surface area contributed by atoms with Gasteiger partial charge >= 0.3 is 0 Å². The number of nitrogens with one attached hydrogen (secondary N) is 2. The number of halogens is 1. The van der Waals surface area contributed by atoms with Crippen LogP contribution in [0.4, 0.5) is 16.0 Å². The quantitative estimate of drug-likeness (QED) is 0.612. The summed E-state index contributed by atoms with van der Waals surface area (Å²) in [5.41, 5.74) is 4.15. The maximum Gasteiger partial charge on any atom is 0.251 e. The van der Waals surface area contributed by atoms with Crippen molar-refractivity contribution in [2.75, 3.05) is 18.1 Å². The predicted molar refractivity (Wildman–Crippen MR) is 120 cm³/mol. The van der Waals surface area contributed by atoms with E-state index in [2.05, 4.69) is 40.7 Å². The lowest BCUT2D eigenvalue weighted by Gasteiger charge is -2.32. The molecule has 0 aliphatic carbocycles. The van der Waals surface area contributed by atoms with E-state index >= 15 is 0 Å². The maximum atomic E-state index is 14.6. The minimum atomic E-state index is -0.506. The van der Waals surface area contributed by atoms with Gasteiger partial charge in [-0.1, -0.05) is 32.0 Å². The summed E-state index contributed by atoms with van der Waals surface area (Å²) in [4.78, 5) is 20.7. The molecule has 5 nitrogen and oxygen atoms in total. The Morgan fingerprint density at radius 2 is 1.97 bits per heavy atom. The number of carbonyl (C=O) groups is 1. The monoisotopic (exact) mass is 422 g/mol. The fraction of sp³-hybridized carbons (Fsp3) is 0.261. The second-order valence-corrected chi connectivity index (χ2v) is 8.84. The number of aromatic nitrogens is 2. The number of carbonyl (C=O) groups excluding carboxylic acids is 1. The standard InChI is InChI=1S/C23H23FN4OS/c1-23(2)13-26-21(29)17-9-6-15(10-18(17)23)20-19(24)11-25-22(28-20)27-16-7-4-14(5-8-16)12-30-3/h4-11H,12-13H2,1-3H3,(H,26,29)(H,25,27,28). The first-order chi connectivity index (χ1) is 14.4. The smallest absolute Gasteiger partial charge is 0.251 e. The molecule has 2 heterocycles. The van der Waals surface area contributed by atoms with Crippen LogP contribution in [0.25, 0.3) is 11.3 Å². The van der Waals surface area contributed by atoms with Gasteiger partial charge in [0.2, 0.25) is 5.95 Å². The van der Waals surface area contributed by atoms with E-state index in [0.717, 1.165) is 17.0 Å². The molecule has 2 N–H and O–H groups in total. The molecule has 0 spiro atoms. The van der Waals surface area contributed by atoms with E-state index in [0.29, 0.717) is 23.6 Å². The highest BCUT2D eigenvalue weighted by Crippen LogP contribution is 2.33. The fourth-order valence-electron chi connectivity index (χ4n) is 3.55. The highest BCUT2D eigenvalue weighted by atomic mass is 32.2. The Bertz CT molecular complexity index is 1100. The van der Waals surface area contributed by atoms with Gasteiger partial charge in [-0.05, 0) is 41.6 Å². The average molecular weight is 423 g/mol. The Labute approximate surface area is 179 Å². The second kappa shape index (κ2) is 8.07. The largest absolute Gasteiger partial charge is 0.351 e. The van der Waals surface area contributed by atoms with Gasteiger partial charge in [0.05, 0.1) is 6.20 Å². The average Bonchev–Trinajstić information content (AvgIpc) is 2.74. The molecule has 4 rings (SSSR count). The van der Waals surface area contributed by atoms with Crippen molar-refractivity contribution in [2.45, 2.75) is 25.0 Å². The molecule has 2 aromatic carbocycles. The third-order valence-electron chi connectivity index (χ3n) is 5.22. The Morgan fingerprint density at radius 1 is 1.20 bits per heavy atom. The second-order valence-electron chi connectivity index (χ2n) is 7.97. The molecule has 0 bridgehead atoms. The molecule has 0 atom stereocenters. The molecule has 30 heavy (non-hydrogen) atoms. The first-order valence-electron chi connectivity index (χ1n) is 9.68. The van der Waals surface area contributed by atoms with Crippen LogP contribution in [0.3, 0.4) is 0 Å². The van der Waals surface area contributed by atoms with Crippen molar-refractivity contribution >= 4 is 29.3 Å². The molecule has 1 aromatic heterocycles. The van der Waals surface area contributed by atoms with Crippen molar-refractivity contribution in [1.82, 2.24) is 15.3 Å². The van der Waals surface area contributed by atoms with Crippen LogP contribution in [-0.4, -0.2) is 28.7 Å². The SMILES string of the molecule is CSCc1ccc(Nc2ncc(F)c(-c3ccc4c(c3)C(C)(C)CNC4=O)n2)cc1. The topological polar surface area (TPSA) is 66.9 Å². The molecular formula is C23H23FN4OS. The summed E-state index contributed by atoms with van der Waals surface area (Å²) in [6, 6.07) is 13.3. The number of anilines is 2. The number of hydrogen-bond acceptors (Lipinski definition) is 5. The van der Waals surface area contributed by atoms with Crippen molar-refractivity contribution in [3.05, 3.63) is 71.2 Å². The number of amides is 1. The third-order valence-corrected chi connectivity index (χ3v) is 5.84. The highest BCUT2D eigenvalue weighted by molar-refractivity contribution is 7.97. The van der Waals surface area contributed by atoms with Crippen LogP contribution < -0.4 is 10.6 Å². The fourth-order valence-corrected chi connectivity index (χ4v) is 4.08. The molecule has 3 aromatic rings. The van der Waals surface area contributed by atoms with E-state index in [1.807, 2.05) is 30.3 Å². The Balaban J connectivity index is 1.66. The lowest BCUT2D eigenvalue weighted by atomic mass is 9.78. The van der Waals surface area contributed by atoms with Crippen LogP contribution in [0.1, 0.15) is 35.3 Å². The summed E-state index contributed by atoms with van der Waals surface area (Å²) in [5, 5.41) is 6.03. The zero-order valence-electron chi connectivity index (χ0n) is 17.1. The lowest BCUT2D eigenvalue weighted by Crippen LogP contribution is -2.43. The number of fused-ring (bicyclic) bond motifs is 1. The minimum Gasteiger partial charge on any atom is -0.351 e. The summed E-state index contributed by atoms with van der Waals surface area (Å²) in [6.07, 6.45) is 3.23. The molecule has 154 valence electrons. The summed E-state index contributed by atoms with van der Waals surface area (Å²) < 4.78 is 14.6. The van der Waals surface area contributed by atoms with Crippen molar-refractivity contribution in [1.29, 1.82) is 0 Å². The van der Waals surface area contributed by atoms with Crippen LogP contribution >= 0.6 is 11.8 Å². The number of benzene rings is 2. The molecule has 1 aliphatic rings. The van der Waals surface area contributed by atoms with Crippen molar-refractivity contribution < 1.29 is 9.18 Å². The van der Waals surface area contributed by atoms with Gasteiger partial charge in [0, 0.05) is 34.5 Å². The van der Waals surface area contributed by atoms with E-state index in [9.17, 15) is 9.18 Å². The van der Waals surface area contributed by atoms with Gasteiger partial charge in [-0.15, -0.1) is 0 Å². The molecule has 1 amide bonds. The third kappa shape index (κ3) is 4.03. The van der Waals surface area contributed by atoms with Crippen molar-refractivity contribution in [3.8, 4) is 11.3 Å². The highest BCUT2D eigenvalue weighted by Gasteiger charge is 2.32. The first-order valence-corrected chi connectivity index (χ1v) is 11.1. The van der Waals surface area contributed by atoms with Gasteiger partial charge in [0.15, 0.2) is 5.82 Å². The van der Waals surface area contributed by atoms with E-state index in [-0.39, 0.29) is 17.0 Å². The zero-order valence-corrected chi connectivity index (χ0v) is 17.9. The molecule has 0 saturated heterocycles. The van der Waals surface area contributed by atoms with Gasteiger partial charge in [-0.25, -0.2) is 14.4 Å². The van der Waals surface area contributed by atoms with Crippen molar-refractivity contribution in [2.24, 2.45) is 0 Å². The first kappa shape index (κ1) is 20.3. The van der Waals surface area contributed by atoms with Crippen LogP contribution in [0, 0.1) is 5.82 Å². The Morgan fingerprint density at radius 3 is 2.70 bits per heavy atom. The summed E-state index contributed by atoms with van der Waals surface area (Å²) >= 11 is 1.76. The predicted octanol–water partition coefficient (Wildman–Crippen LogP) is 4.91. The normalized spacial score (nSPS) is 14.7. The van der Waals surface area contributed by atoms with E-state index in [4.69, 9.17) is 0 Å². The number of hydrogen-bond donors (Lipinski definition) is 2.